The Bertz CT molecular complexity index is 572. The van der Waals surface area contributed by atoms with Crippen LogP contribution in [0.2, 0.25) is 5.02 Å². The molecule has 0 spiro atoms. The SMILES string of the molecule is CN(Cc1cccc(F)c1)c1ccc(Cl)cc1CCl. The van der Waals surface area contributed by atoms with Crippen LogP contribution in [-0.4, -0.2) is 7.05 Å². The molecule has 0 amide bonds. The highest BCUT2D eigenvalue weighted by Gasteiger charge is 2.08. The van der Waals surface area contributed by atoms with E-state index >= 15 is 0 Å². The van der Waals surface area contributed by atoms with Crippen molar-refractivity contribution in [1.29, 1.82) is 0 Å². The van der Waals surface area contributed by atoms with Gasteiger partial charge in [0.2, 0.25) is 0 Å². The lowest BCUT2D eigenvalue weighted by atomic mass is 10.1. The first kappa shape index (κ1) is 14.2. The fraction of sp³-hybridized carbons (Fsp3) is 0.200. The zero-order valence-electron chi connectivity index (χ0n) is 10.5. The number of alkyl halides is 1. The van der Waals surface area contributed by atoms with Gasteiger partial charge in [0.15, 0.2) is 0 Å². The summed E-state index contributed by atoms with van der Waals surface area (Å²) in [5.74, 6) is 0.170. The van der Waals surface area contributed by atoms with E-state index in [9.17, 15) is 4.39 Å². The van der Waals surface area contributed by atoms with Gasteiger partial charge in [-0.1, -0.05) is 23.7 Å². The van der Waals surface area contributed by atoms with Crippen LogP contribution in [0.1, 0.15) is 11.1 Å². The lowest BCUT2D eigenvalue weighted by Gasteiger charge is -2.22. The lowest BCUT2D eigenvalue weighted by molar-refractivity contribution is 0.625. The van der Waals surface area contributed by atoms with Gasteiger partial charge >= 0.3 is 0 Å². The summed E-state index contributed by atoms with van der Waals surface area (Å²) in [7, 11) is 1.95. The second-order valence-electron chi connectivity index (χ2n) is 4.39. The summed E-state index contributed by atoms with van der Waals surface area (Å²) in [6, 6.07) is 12.2. The van der Waals surface area contributed by atoms with Crippen LogP contribution in [0.4, 0.5) is 10.1 Å². The molecule has 19 heavy (non-hydrogen) atoms. The van der Waals surface area contributed by atoms with E-state index in [0.29, 0.717) is 17.4 Å². The zero-order chi connectivity index (χ0) is 13.8. The summed E-state index contributed by atoms with van der Waals surface area (Å²) in [5.41, 5.74) is 2.88. The third-order valence-electron chi connectivity index (χ3n) is 2.91. The molecule has 0 aliphatic heterocycles. The molecule has 0 saturated carbocycles. The number of hydrogen-bond acceptors (Lipinski definition) is 1. The number of benzene rings is 2. The van der Waals surface area contributed by atoms with Crippen molar-refractivity contribution in [3.05, 3.63) is 64.4 Å². The van der Waals surface area contributed by atoms with Crippen LogP contribution in [0.25, 0.3) is 0 Å². The highest BCUT2D eigenvalue weighted by atomic mass is 35.5. The molecule has 0 saturated heterocycles. The van der Waals surface area contributed by atoms with E-state index in [1.54, 1.807) is 6.07 Å². The first-order valence-electron chi connectivity index (χ1n) is 5.90. The highest BCUT2D eigenvalue weighted by Crippen LogP contribution is 2.26. The topological polar surface area (TPSA) is 3.24 Å². The molecule has 0 fully saturated rings. The standard InChI is InChI=1S/C15H14Cl2FN/c1-19(10-11-3-2-4-14(18)7-11)15-6-5-13(17)8-12(15)9-16/h2-8H,9-10H2,1H3. The van der Waals surface area contributed by atoms with Crippen LogP contribution in [0.15, 0.2) is 42.5 Å². The van der Waals surface area contributed by atoms with Crippen LogP contribution in [0, 0.1) is 5.82 Å². The molecule has 2 aromatic carbocycles. The molecule has 2 aromatic rings. The second kappa shape index (κ2) is 6.27. The molecule has 0 N–H and O–H groups in total. The monoisotopic (exact) mass is 297 g/mol. The minimum absolute atomic E-state index is 0.223. The quantitative estimate of drug-likeness (QED) is 0.729. The van der Waals surface area contributed by atoms with Crippen molar-refractivity contribution in [2.75, 3.05) is 11.9 Å². The van der Waals surface area contributed by atoms with Gasteiger partial charge in [0.1, 0.15) is 5.82 Å². The van der Waals surface area contributed by atoms with Gasteiger partial charge in [-0.25, -0.2) is 4.39 Å². The maximum absolute atomic E-state index is 13.2. The number of halogens is 3. The van der Waals surface area contributed by atoms with Gasteiger partial charge < -0.3 is 4.90 Å². The number of nitrogens with zero attached hydrogens (tertiary/aromatic N) is 1. The van der Waals surface area contributed by atoms with Crippen LogP contribution in [0.5, 0.6) is 0 Å². The summed E-state index contributed by atoms with van der Waals surface area (Å²) in [4.78, 5) is 2.03. The van der Waals surface area contributed by atoms with Crippen LogP contribution in [-0.2, 0) is 12.4 Å². The van der Waals surface area contributed by atoms with E-state index in [0.717, 1.165) is 16.8 Å². The van der Waals surface area contributed by atoms with E-state index in [1.165, 1.54) is 12.1 Å². The van der Waals surface area contributed by atoms with Gasteiger partial charge in [-0.2, -0.15) is 0 Å². The van der Waals surface area contributed by atoms with Gasteiger partial charge in [-0.15, -0.1) is 11.6 Å². The van der Waals surface area contributed by atoms with Crippen molar-refractivity contribution in [3.8, 4) is 0 Å². The van der Waals surface area contributed by atoms with Crippen molar-refractivity contribution >= 4 is 28.9 Å². The minimum Gasteiger partial charge on any atom is -0.370 e. The van der Waals surface area contributed by atoms with E-state index in [-0.39, 0.29) is 5.82 Å². The number of hydrogen-bond donors (Lipinski definition) is 0. The molecule has 1 nitrogen and oxygen atoms in total. The lowest BCUT2D eigenvalue weighted by Crippen LogP contribution is -2.17. The van der Waals surface area contributed by atoms with Crippen molar-refractivity contribution in [3.63, 3.8) is 0 Å². The molecular weight excluding hydrogens is 284 g/mol. The van der Waals surface area contributed by atoms with E-state index in [1.807, 2.05) is 36.2 Å². The van der Waals surface area contributed by atoms with Crippen molar-refractivity contribution in [2.24, 2.45) is 0 Å². The second-order valence-corrected chi connectivity index (χ2v) is 5.10. The number of anilines is 1. The van der Waals surface area contributed by atoms with Crippen LogP contribution < -0.4 is 4.90 Å². The van der Waals surface area contributed by atoms with E-state index in [4.69, 9.17) is 23.2 Å². The molecule has 0 radical (unpaired) electrons. The summed E-state index contributed by atoms with van der Waals surface area (Å²) in [6.45, 7) is 0.614. The summed E-state index contributed by atoms with van der Waals surface area (Å²) >= 11 is 11.9. The molecule has 0 aliphatic carbocycles. The van der Waals surface area contributed by atoms with Crippen molar-refractivity contribution < 1.29 is 4.39 Å². The summed E-state index contributed by atoms with van der Waals surface area (Å²) in [6.07, 6.45) is 0. The van der Waals surface area contributed by atoms with Crippen molar-refractivity contribution in [2.45, 2.75) is 12.4 Å². The molecule has 100 valence electrons. The third-order valence-corrected chi connectivity index (χ3v) is 3.43. The predicted molar refractivity (Wildman–Crippen MR) is 79.5 cm³/mol. The van der Waals surface area contributed by atoms with Gasteiger partial charge in [0.05, 0.1) is 0 Å². The highest BCUT2D eigenvalue weighted by molar-refractivity contribution is 6.30. The first-order chi connectivity index (χ1) is 9.10. The average Bonchev–Trinajstić information content (AvgIpc) is 2.38. The van der Waals surface area contributed by atoms with Crippen molar-refractivity contribution in [1.82, 2.24) is 0 Å². The molecule has 0 aliphatic rings. The predicted octanol–water partition coefficient (Wildman–Crippen LogP) is 4.85. The molecular formula is C15H14Cl2FN. The molecule has 0 bridgehead atoms. The molecule has 0 heterocycles. The molecule has 0 atom stereocenters. The van der Waals surface area contributed by atoms with Crippen LogP contribution in [0.3, 0.4) is 0 Å². The van der Waals surface area contributed by atoms with E-state index in [2.05, 4.69) is 0 Å². The Hall–Kier alpha value is -1.25. The maximum Gasteiger partial charge on any atom is 0.123 e. The van der Waals surface area contributed by atoms with Gasteiger partial charge in [-0.05, 0) is 41.5 Å². The first-order valence-corrected chi connectivity index (χ1v) is 6.81. The smallest absolute Gasteiger partial charge is 0.123 e. The Labute approximate surface area is 122 Å². The maximum atomic E-state index is 13.2. The average molecular weight is 298 g/mol. The molecule has 0 aromatic heterocycles. The Balaban J connectivity index is 2.22. The van der Waals surface area contributed by atoms with E-state index < -0.39 is 0 Å². The Morgan fingerprint density at radius 1 is 1.16 bits per heavy atom. The Morgan fingerprint density at radius 3 is 2.63 bits per heavy atom. The summed E-state index contributed by atoms with van der Waals surface area (Å²) in [5, 5.41) is 0.665. The normalized spacial score (nSPS) is 10.5. The third kappa shape index (κ3) is 3.62. The summed E-state index contributed by atoms with van der Waals surface area (Å²) < 4.78 is 13.2. The largest absolute Gasteiger partial charge is 0.370 e. The fourth-order valence-electron chi connectivity index (χ4n) is 2.03. The van der Waals surface area contributed by atoms with Gasteiger partial charge in [-0.3, -0.25) is 0 Å². The molecule has 4 heteroatoms. The molecule has 0 unspecified atom stereocenters. The Morgan fingerprint density at radius 2 is 1.95 bits per heavy atom. The van der Waals surface area contributed by atoms with Crippen LogP contribution >= 0.6 is 23.2 Å². The Kier molecular flexibility index (Phi) is 4.67. The molecule has 2 rings (SSSR count). The fourth-order valence-corrected chi connectivity index (χ4v) is 2.44. The minimum atomic E-state index is -0.223. The number of rotatable bonds is 4. The zero-order valence-corrected chi connectivity index (χ0v) is 12.0. The van der Waals surface area contributed by atoms with Gasteiger partial charge in [0, 0.05) is 30.2 Å². The van der Waals surface area contributed by atoms with Gasteiger partial charge in [0.25, 0.3) is 0 Å².